The third-order valence-corrected chi connectivity index (χ3v) is 3.34. The number of hydrogen-bond donors (Lipinski definition) is 1. The molecule has 1 aromatic rings. The number of ether oxygens (including phenoxy) is 1. The third-order valence-electron chi connectivity index (χ3n) is 3.34. The molecule has 0 amide bonds. The van der Waals surface area contributed by atoms with Gasteiger partial charge >= 0.3 is 0 Å². The van der Waals surface area contributed by atoms with Crippen molar-refractivity contribution in [1.29, 1.82) is 0 Å². The molecule has 1 aromatic carbocycles. The van der Waals surface area contributed by atoms with E-state index in [0.717, 1.165) is 42.7 Å². The monoisotopic (exact) mass is 233 g/mol. The molecule has 0 saturated heterocycles. The zero-order valence-corrected chi connectivity index (χ0v) is 10.2. The van der Waals surface area contributed by atoms with E-state index < -0.39 is 0 Å². The van der Waals surface area contributed by atoms with Crippen molar-refractivity contribution < 1.29 is 9.53 Å². The fourth-order valence-corrected chi connectivity index (χ4v) is 2.21. The van der Waals surface area contributed by atoms with Crippen molar-refractivity contribution in [2.45, 2.75) is 26.2 Å². The Hall–Kier alpha value is -1.35. The molecular weight excluding hydrogens is 214 g/mol. The highest BCUT2D eigenvalue weighted by Gasteiger charge is 2.19. The van der Waals surface area contributed by atoms with Crippen LogP contribution in [0.4, 0.5) is 0 Å². The van der Waals surface area contributed by atoms with Gasteiger partial charge in [-0.3, -0.25) is 4.79 Å². The molecule has 0 spiro atoms. The summed E-state index contributed by atoms with van der Waals surface area (Å²) in [4.78, 5) is 12.2. The number of Topliss-reactive ketones (excluding diaryl/α,β-unsaturated/α-hetero) is 1. The quantitative estimate of drug-likeness (QED) is 0.811. The number of hydrogen-bond acceptors (Lipinski definition) is 3. The zero-order chi connectivity index (χ0) is 12.3. The molecular formula is C14H19NO2. The summed E-state index contributed by atoms with van der Waals surface area (Å²) in [7, 11) is 0. The second-order valence-electron chi connectivity index (χ2n) is 4.48. The van der Waals surface area contributed by atoms with E-state index in [0.29, 0.717) is 6.54 Å². The van der Waals surface area contributed by atoms with E-state index >= 15 is 0 Å². The topological polar surface area (TPSA) is 52.3 Å². The fraction of sp³-hybridized carbons (Fsp3) is 0.500. The first kappa shape index (κ1) is 12.1. The molecule has 0 fully saturated rings. The Morgan fingerprint density at radius 3 is 3.06 bits per heavy atom. The minimum absolute atomic E-state index is 0.0578. The van der Waals surface area contributed by atoms with Crippen molar-refractivity contribution in [1.82, 2.24) is 0 Å². The lowest BCUT2D eigenvalue weighted by atomic mass is 9.93. The van der Waals surface area contributed by atoms with E-state index in [4.69, 9.17) is 10.5 Å². The fourth-order valence-electron chi connectivity index (χ4n) is 2.21. The molecule has 1 aliphatic heterocycles. The predicted molar refractivity (Wildman–Crippen MR) is 67.4 cm³/mol. The van der Waals surface area contributed by atoms with E-state index in [-0.39, 0.29) is 11.7 Å². The van der Waals surface area contributed by atoms with Crippen molar-refractivity contribution in [3.05, 3.63) is 29.3 Å². The largest absolute Gasteiger partial charge is 0.493 e. The molecule has 1 atom stereocenters. The lowest BCUT2D eigenvalue weighted by Crippen LogP contribution is -2.23. The highest BCUT2D eigenvalue weighted by Crippen LogP contribution is 2.26. The highest BCUT2D eigenvalue weighted by molar-refractivity contribution is 5.98. The first-order valence-electron chi connectivity index (χ1n) is 6.26. The van der Waals surface area contributed by atoms with Crippen molar-refractivity contribution in [2.24, 2.45) is 11.7 Å². The van der Waals surface area contributed by atoms with Gasteiger partial charge < -0.3 is 10.5 Å². The van der Waals surface area contributed by atoms with Gasteiger partial charge in [-0.25, -0.2) is 0 Å². The maximum atomic E-state index is 12.2. The molecule has 1 heterocycles. The highest BCUT2D eigenvalue weighted by atomic mass is 16.5. The molecule has 0 aliphatic carbocycles. The number of nitrogens with two attached hydrogens (primary N) is 1. The van der Waals surface area contributed by atoms with E-state index in [1.54, 1.807) is 0 Å². The van der Waals surface area contributed by atoms with E-state index in [1.807, 2.05) is 25.1 Å². The molecule has 2 rings (SSSR count). The van der Waals surface area contributed by atoms with Gasteiger partial charge in [0.25, 0.3) is 0 Å². The standard InChI is InChI=1S/C14H19NO2/c1-2-10(9-15)14(16)12-5-6-13-11(8-12)4-3-7-17-13/h5-6,8,10H,2-4,7,9,15H2,1H3. The van der Waals surface area contributed by atoms with Crippen molar-refractivity contribution in [3.63, 3.8) is 0 Å². The van der Waals surface area contributed by atoms with Crippen LogP contribution >= 0.6 is 0 Å². The van der Waals surface area contributed by atoms with Crippen LogP contribution in [-0.4, -0.2) is 18.9 Å². The Morgan fingerprint density at radius 1 is 1.53 bits per heavy atom. The lowest BCUT2D eigenvalue weighted by molar-refractivity contribution is 0.0921. The van der Waals surface area contributed by atoms with Gasteiger partial charge in [-0.2, -0.15) is 0 Å². The zero-order valence-electron chi connectivity index (χ0n) is 10.2. The number of carbonyl (C=O) groups excluding carboxylic acids is 1. The summed E-state index contributed by atoms with van der Waals surface area (Å²) in [5, 5.41) is 0. The van der Waals surface area contributed by atoms with Crippen LogP contribution in [0.1, 0.15) is 35.7 Å². The van der Waals surface area contributed by atoms with E-state index in [1.165, 1.54) is 0 Å². The van der Waals surface area contributed by atoms with Crippen LogP contribution in [0.15, 0.2) is 18.2 Å². The molecule has 2 N–H and O–H groups in total. The average molecular weight is 233 g/mol. The van der Waals surface area contributed by atoms with Gasteiger partial charge in [0.05, 0.1) is 6.61 Å². The second kappa shape index (κ2) is 5.32. The maximum Gasteiger partial charge on any atom is 0.167 e. The molecule has 17 heavy (non-hydrogen) atoms. The molecule has 92 valence electrons. The first-order valence-corrected chi connectivity index (χ1v) is 6.26. The molecule has 1 unspecified atom stereocenters. The molecule has 1 aliphatic rings. The second-order valence-corrected chi connectivity index (χ2v) is 4.48. The molecule has 3 nitrogen and oxygen atoms in total. The van der Waals surface area contributed by atoms with Crippen LogP contribution in [0, 0.1) is 5.92 Å². The Labute approximate surface area is 102 Å². The molecule has 0 aromatic heterocycles. The van der Waals surface area contributed by atoms with Gasteiger partial charge in [-0.1, -0.05) is 6.92 Å². The Kier molecular flexibility index (Phi) is 3.79. The summed E-state index contributed by atoms with van der Waals surface area (Å²) < 4.78 is 5.54. The number of rotatable bonds is 4. The number of fused-ring (bicyclic) bond motifs is 1. The number of carbonyl (C=O) groups is 1. The van der Waals surface area contributed by atoms with Crippen LogP contribution < -0.4 is 10.5 Å². The lowest BCUT2D eigenvalue weighted by Gasteiger charge is -2.18. The Bertz CT molecular complexity index is 411. The predicted octanol–water partition coefficient (Wildman–Crippen LogP) is 2.18. The molecule has 0 radical (unpaired) electrons. The average Bonchev–Trinajstić information content (AvgIpc) is 2.39. The molecule has 0 saturated carbocycles. The third kappa shape index (κ3) is 2.50. The summed E-state index contributed by atoms with van der Waals surface area (Å²) in [6, 6.07) is 5.73. The minimum atomic E-state index is -0.0578. The minimum Gasteiger partial charge on any atom is -0.493 e. The van der Waals surface area contributed by atoms with Gasteiger partial charge in [-0.15, -0.1) is 0 Å². The van der Waals surface area contributed by atoms with Crippen molar-refractivity contribution >= 4 is 5.78 Å². The van der Waals surface area contributed by atoms with E-state index in [2.05, 4.69) is 0 Å². The van der Waals surface area contributed by atoms with Gasteiger partial charge in [0.1, 0.15) is 5.75 Å². The Balaban J connectivity index is 2.24. The van der Waals surface area contributed by atoms with E-state index in [9.17, 15) is 4.79 Å². The number of benzene rings is 1. The molecule has 3 heteroatoms. The van der Waals surface area contributed by atoms with Crippen LogP contribution in [0.25, 0.3) is 0 Å². The normalized spacial score (nSPS) is 15.9. The summed E-state index contributed by atoms with van der Waals surface area (Å²) in [5.74, 6) is 1.02. The van der Waals surface area contributed by atoms with Crippen LogP contribution in [0.3, 0.4) is 0 Å². The van der Waals surface area contributed by atoms with Crippen LogP contribution in [0.2, 0.25) is 0 Å². The smallest absolute Gasteiger partial charge is 0.167 e. The van der Waals surface area contributed by atoms with Gasteiger partial charge in [-0.05, 0) is 43.0 Å². The number of ketones is 1. The van der Waals surface area contributed by atoms with Crippen LogP contribution in [0.5, 0.6) is 5.75 Å². The van der Waals surface area contributed by atoms with Crippen molar-refractivity contribution in [2.75, 3.05) is 13.2 Å². The Morgan fingerprint density at radius 2 is 2.35 bits per heavy atom. The van der Waals surface area contributed by atoms with Gasteiger partial charge in [0, 0.05) is 18.0 Å². The summed E-state index contributed by atoms with van der Waals surface area (Å²) >= 11 is 0. The molecule has 0 bridgehead atoms. The van der Waals surface area contributed by atoms with Gasteiger partial charge in [0.15, 0.2) is 5.78 Å². The first-order chi connectivity index (χ1) is 8.26. The summed E-state index contributed by atoms with van der Waals surface area (Å²) in [6.45, 7) is 3.19. The van der Waals surface area contributed by atoms with Crippen molar-refractivity contribution in [3.8, 4) is 5.75 Å². The maximum absolute atomic E-state index is 12.2. The number of aryl methyl sites for hydroxylation is 1. The van der Waals surface area contributed by atoms with Crippen LogP contribution in [-0.2, 0) is 6.42 Å². The summed E-state index contributed by atoms with van der Waals surface area (Å²) in [5.41, 5.74) is 7.53. The SMILES string of the molecule is CCC(CN)C(=O)c1ccc2c(c1)CCCO2. The summed E-state index contributed by atoms with van der Waals surface area (Å²) in [6.07, 6.45) is 2.82. The van der Waals surface area contributed by atoms with Gasteiger partial charge in [0.2, 0.25) is 0 Å².